The van der Waals surface area contributed by atoms with Gasteiger partial charge >= 0.3 is 0 Å². The van der Waals surface area contributed by atoms with E-state index in [4.69, 9.17) is 16.9 Å². The molecule has 0 spiro atoms. The number of aldehydes is 1. The van der Waals surface area contributed by atoms with Crippen molar-refractivity contribution in [2.24, 2.45) is 0 Å². The van der Waals surface area contributed by atoms with Crippen LogP contribution in [0.5, 0.6) is 0 Å². The summed E-state index contributed by atoms with van der Waals surface area (Å²) in [5, 5.41) is 19.5. The molecule has 0 unspecified atom stereocenters. The minimum Gasteiger partial charge on any atom is -0.298 e. The van der Waals surface area contributed by atoms with Gasteiger partial charge in [0, 0.05) is 17.2 Å². The third-order valence-electron chi connectivity index (χ3n) is 2.01. The second kappa shape index (κ2) is 5.18. The molecule has 1 rings (SSSR count). The lowest BCUT2D eigenvalue weighted by atomic mass is 10.0. The van der Waals surface area contributed by atoms with E-state index in [9.17, 15) is 19.7 Å². The van der Waals surface area contributed by atoms with Gasteiger partial charge < -0.3 is 0 Å². The summed E-state index contributed by atoms with van der Waals surface area (Å²) >= 11 is 5.33. The zero-order valence-corrected chi connectivity index (χ0v) is 9.10. The van der Waals surface area contributed by atoms with Crippen LogP contribution < -0.4 is 0 Å². The molecule has 0 heterocycles. The fraction of sp³-hybridized carbons (Fsp3) is 0.100. The van der Waals surface area contributed by atoms with Gasteiger partial charge in [-0.05, 0) is 6.07 Å². The maximum atomic E-state index is 11.4. The van der Waals surface area contributed by atoms with Crippen molar-refractivity contribution in [2.45, 2.75) is 0 Å². The summed E-state index contributed by atoms with van der Waals surface area (Å²) in [5.41, 5.74) is -1.22. The number of benzene rings is 1. The van der Waals surface area contributed by atoms with Gasteiger partial charge in [0.15, 0.2) is 5.78 Å². The third-order valence-corrected chi connectivity index (χ3v) is 2.25. The van der Waals surface area contributed by atoms with Crippen LogP contribution >= 0.6 is 11.6 Å². The highest BCUT2D eigenvalue weighted by Crippen LogP contribution is 2.24. The molecule has 7 heteroatoms. The summed E-state index contributed by atoms with van der Waals surface area (Å²) in [6, 6.07) is 3.63. The van der Waals surface area contributed by atoms with Crippen LogP contribution in [0.25, 0.3) is 0 Å². The van der Waals surface area contributed by atoms with E-state index < -0.39 is 22.3 Å². The number of hydrogen-bond acceptors (Lipinski definition) is 5. The molecule has 0 radical (unpaired) electrons. The van der Waals surface area contributed by atoms with Crippen LogP contribution in [0.15, 0.2) is 12.1 Å². The van der Waals surface area contributed by atoms with Crippen LogP contribution in [0.2, 0.25) is 0 Å². The van der Waals surface area contributed by atoms with E-state index >= 15 is 0 Å². The van der Waals surface area contributed by atoms with E-state index in [0.717, 1.165) is 12.1 Å². The molecule has 0 aromatic heterocycles. The molecule has 6 nitrogen and oxygen atoms in total. The van der Waals surface area contributed by atoms with Crippen LogP contribution in [0, 0.1) is 21.4 Å². The Labute approximate surface area is 101 Å². The molecule has 0 aliphatic carbocycles. The number of nitro benzene ring substituents is 1. The third kappa shape index (κ3) is 2.46. The van der Waals surface area contributed by atoms with Crippen LogP contribution in [0.3, 0.4) is 0 Å². The van der Waals surface area contributed by atoms with Gasteiger partial charge in [0.2, 0.25) is 0 Å². The van der Waals surface area contributed by atoms with Crippen LogP contribution in [0.1, 0.15) is 26.3 Å². The maximum Gasteiger partial charge on any atom is 0.288 e. The van der Waals surface area contributed by atoms with Crippen molar-refractivity contribution >= 4 is 29.4 Å². The lowest BCUT2D eigenvalue weighted by Crippen LogP contribution is -2.07. The first-order valence-corrected chi connectivity index (χ1v) is 4.85. The smallest absolute Gasteiger partial charge is 0.288 e. The number of rotatable bonds is 4. The van der Waals surface area contributed by atoms with E-state index in [2.05, 4.69) is 0 Å². The first-order chi connectivity index (χ1) is 8.04. The fourth-order valence-corrected chi connectivity index (χ4v) is 1.41. The lowest BCUT2D eigenvalue weighted by molar-refractivity contribution is -0.385. The summed E-state index contributed by atoms with van der Waals surface area (Å²) in [6.07, 6.45) is 0.360. The SMILES string of the molecule is N#Cc1c(C(=O)CCl)cc(C=O)cc1[N+](=O)[O-]. The number of halogens is 1. The van der Waals surface area contributed by atoms with Gasteiger partial charge in [-0.1, -0.05) is 0 Å². The highest BCUT2D eigenvalue weighted by molar-refractivity contribution is 6.30. The van der Waals surface area contributed by atoms with E-state index in [1.807, 2.05) is 0 Å². The van der Waals surface area contributed by atoms with E-state index in [-0.39, 0.29) is 16.7 Å². The van der Waals surface area contributed by atoms with Crippen molar-refractivity contribution in [2.75, 3.05) is 5.88 Å². The Morgan fingerprint density at radius 3 is 2.65 bits per heavy atom. The number of hydrogen-bond donors (Lipinski definition) is 0. The molecule has 86 valence electrons. The molecule has 0 amide bonds. The maximum absolute atomic E-state index is 11.4. The number of carbonyl (C=O) groups excluding carboxylic acids is 2. The lowest BCUT2D eigenvalue weighted by Gasteiger charge is -2.03. The molecular formula is C10H5ClN2O4. The number of nitrogens with zero attached hydrogens (tertiary/aromatic N) is 2. The number of Topliss-reactive ketones (excluding diaryl/α,β-unsaturated/α-hetero) is 1. The average molecular weight is 253 g/mol. The van der Waals surface area contributed by atoms with Gasteiger partial charge in [-0.3, -0.25) is 19.7 Å². The van der Waals surface area contributed by atoms with Crippen molar-refractivity contribution in [3.05, 3.63) is 38.9 Å². The predicted molar refractivity (Wildman–Crippen MR) is 58.2 cm³/mol. The second-order valence-corrected chi connectivity index (χ2v) is 3.27. The molecule has 17 heavy (non-hydrogen) atoms. The molecule has 0 saturated heterocycles. The van der Waals surface area contributed by atoms with Crippen molar-refractivity contribution in [3.63, 3.8) is 0 Å². The normalized spacial score (nSPS) is 9.41. The van der Waals surface area contributed by atoms with Gasteiger partial charge in [-0.25, -0.2) is 0 Å². The Morgan fingerprint density at radius 2 is 2.24 bits per heavy atom. The second-order valence-electron chi connectivity index (χ2n) is 3.01. The summed E-state index contributed by atoms with van der Waals surface area (Å²) < 4.78 is 0. The molecule has 0 aliphatic heterocycles. The minimum atomic E-state index is -0.823. The van der Waals surface area contributed by atoms with Crippen LogP contribution in [-0.2, 0) is 0 Å². The van der Waals surface area contributed by atoms with Crippen molar-refractivity contribution < 1.29 is 14.5 Å². The van der Waals surface area contributed by atoms with Gasteiger partial charge in [-0.2, -0.15) is 5.26 Å². The molecule has 0 bridgehead atoms. The van der Waals surface area contributed by atoms with Gasteiger partial charge in [0.1, 0.15) is 17.9 Å². The highest BCUT2D eigenvalue weighted by Gasteiger charge is 2.22. The highest BCUT2D eigenvalue weighted by atomic mass is 35.5. The largest absolute Gasteiger partial charge is 0.298 e. The van der Waals surface area contributed by atoms with E-state index in [0.29, 0.717) is 6.29 Å². The molecule has 0 aliphatic rings. The first kappa shape index (κ1) is 12.8. The summed E-state index contributed by atoms with van der Waals surface area (Å²) in [5.74, 6) is -1.07. The zero-order valence-electron chi connectivity index (χ0n) is 8.34. The van der Waals surface area contributed by atoms with Crippen molar-refractivity contribution in [1.82, 2.24) is 0 Å². The summed E-state index contributed by atoms with van der Waals surface area (Å²) in [6.45, 7) is 0. The molecule has 0 atom stereocenters. The molecule has 0 saturated carbocycles. The number of ketones is 1. The van der Waals surface area contributed by atoms with E-state index in [1.54, 1.807) is 6.07 Å². The standard InChI is InChI=1S/C10H5ClN2O4/c11-3-10(15)7-1-6(5-14)2-9(13(16)17)8(7)4-12/h1-2,5H,3H2. The minimum absolute atomic E-state index is 0.0517. The van der Waals surface area contributed by atoms with Gasteiger partial charge in [0.05, 0.1) is 10.8 Å². The van der Waals surface area contributed by atoms with Gasteiger partial charge in [-0.15, -0.1) is 11.6 Å². The molecule has 1 aromatic rings. The van der Waals surface area contributed by atoms with Gasteiger partial charge in [0.25, 0.3) is 5.69 Å². The Bertz CT molecular complexity index is 548. The van der Waals surface area contributed by atoms with Crippen LogP contribution in [0.4, 0.5) is 5.69 Å². The van der Waals surface area contributed by atoms with Crippen molar-refractivity contribution in [3.8, 4) is 6.07 Å². The number of nitriles is 1. The molecule has 1 aromatic carbocycles. The topological polar surface area (TPSA) is 101 Å². The molecular weight excluding hydrogens is 248 g/mol. The summed E-state index contributed by atoms with van der Waals surface area (Å²) in [7, 11) is 0. The fourth-order valence-electron chi connectivity index (χ4n) is 1.27. The van der Waals surface area contributed by atoms with E-state index in [1.165, 1.54) is 0 Å². The molecule has 0 N–H and O–H groups in total. The number of alkyl halides is 1. The average Bonchev–Trinajstić information content (AvgIpc) is 2.35. The number of nitro groups is 1. The summed E-state index contributed by atoms with van der Waals surface area (Å²) in [4.78, 5) is 31.9. The Morgan fingerprint density at radius 1 is 1.59 bits per heavy atom. The Kier molecular flexibility index (Phi) is 3.91. The zero-order chi connectivity index (χ0) is 13.0. The monoisotopic (exact) mass is 252 g/mol. The van der Waals surface area contributed by atoms with Crippen LogP contribution in [-0.4, -0.2) is 22.9 Å². The van der Waals surface area contributed by atoms with Crippen molar-refractivity contribution in [1.29, 1.82) is 5.26 Å². The molecule has 0 fully saturated rings. The Balaban J connectivity index is 3.63. The quantitative estimate of drug-likeness (QED) is 0.267. The predicted octanol–water partition coefficient (Wildman–Crippen LogP) is 1.70. The first-order valence-electron chi connectivity index (χ1n) is 4.32. The number of carbonyl (C=O) groups is 2. The Hall–Kier alpha value is -2.26.